The standard InChI is InChI=1S/C18H26N6O3/c1-4-11(2)14-8-15(27-22-14)17(26)24-6-5-13(10-24)23(3)9-12-7-16(25)21-18(19)20-12/h7-8,11,13H,4-6,9-10H2,1-3H3,(H3,19,20,21,25). The summed E-state index contributed by atoms with van der Waals surface area (Å²) >= 11 is 0. The van der Waals surface area contributed by atoms with E-state index >= 15 is 0 Å². The summed E-state index contributed by atoms with van der Waals surface area (Å²) in [6.45, 7) is 5.86. The van der Waals surface area contributed by atoms with Gasteiger partial charge in [0.1, 0.15) is 0 Å². The average molecular weight is 374 g/mol. The molecule has 0 saturated carbocycles. The molecule has 9 heteroatoms. The monoisotopic (exact) mass is 374 g/mol. The minimum atomic E-state index is -0.267. The number of carbonyl (C=O) groups excluding carboxylic acids is 1. The van der Waals surface area contributed by atoms with Gasteiger partial charge in [-0.15, -0.1) is 0 Å². The van der Waals surface area contributed by atoms with E-state index in [2.05, 4.69) is 33.9 Å². The first-order valence-corrected chi connectivity index (χ1v) is 9.19. The summed E-state index contributed by atoms with van der Waals surface area (Å²) in [5.74, 6) is 0.530. The Balaban J connectivity index is 1.61. The number of nitrogen functional groups attached to an aromatic ring is 1. The Hall–Kier alpha value is -2.68. The fourth-order valence-electron chi connectivity index (χ4n) is 3.27. The van der Waals surface area contributed by atoms with Crippen molar-refractivity contribution >= 4 is 11.9 Å². The normalized spacial score (nSPS) is 18.2. The van der Waals surface area contributed by atoms with Crippen molar-refractivity contribution < 1.29 is 9.32 Å². The number of carbonyl (C=O) groups is 1. The number of hydrogen-bond acceptors (Lipinski definition) is 7. The number of aromatic nitrogens is 3. The number of likely N-dealkylation sites (tertiary alicyclic amines) is 1. The molecule has 3 N–H and O–H groups in total. The number of anilines is 1. The number of hydrogen-bond donors (Lipinski definition) is 2. The van der Waals surface area contributed by atoms with Gasteiger partial charge >= 0.3 is 0 Å². The summed E-state index contributed by atoms with van der Waals surface area (Å²) < 4.78 is 5.26. The largest absolute Gasteiger partial charge is 0.369 e. The van der Waals surface area contributed by atoms with Crippen LogP contribution in [0.3, 0.4) is 0 Å². The van der Waals surface area contributed by atoms with Gasteiger partial charge in [0, 0.05) is 43.7 Å². The highest BCUT2D eigenvalue weighted by Crippen LogP contribution is 2.22. The zero-order valence-electron chi connectivity index (χ0n) is 15.9. The van der Waals surface area contributed by atoms with E-state index in [4.69, 9.17) is 10.3 Å². The van der Waals surface area contributed by atoms with Crippen LogP contribution in [-0.4, -0.2) is 57.0 Å². The van der Waals surface area contributed by atoms with Crippen molar-refractivity contribution in [1.29, 1.82) is 0 Å². The van der Waals surface area contributed by atoms with Crippen molar-refractivity contribution in [2.75, 3.05) is 25.9 Å². The van der Waals surface area contributed by atoms with Gasteiger partial charge in [-0.3, -0.25) is 19.5 Å². The average Bonchev–Trinajstić information content (AvgIpc) is 3.29. The van der Waals surface area contributed by atoms with Gasteiger partial charge in [0.25, 0.3) is 11.5 Å². The minimum Gasteiger partial charge on any atom is -0.369 e. The maximum Gasteiger partial charge on any atom is 0.292 e. The van der Waals surface area contributed by atoms with Gasteiger partial charge < -0.3 is 15.2 Å². The van der Waals surface area contributed by atoms with E-state index in [9.17, 15) is 9.59 Å². The maximum absolute atomic E-state index is 12.7. The van der Waals surface area contributed by atoms with Crippen LogP contribution < -0.4 is 11.3 Å². The van der Waals surface area contributed by atoms with Crippen LogP contribution >= 0.6 is 0 Å². The summed E-state index contributed by atoms with van der Waals surface area (Å²) in [6.07, 6.45) is 1.78. The van der Waals surface area contributed by atoms with Crippen LogP contribution in [-0.2, 0) is 6.54 Å². The minimum absolute atomic E-state index is 0.108. The van der Waals surface area contributed by atoms with Crippen LogP contribution in [0, 0.1) is 0 Å². The smallest absolute Gasteiger partial charge is 0.292 e. The van der Waals surface area contributed by atoms with Crippen molar-refractivity contribution in [3.8, 4) is 0 Å². The lowest BCUT2D eigenvalue weighted by Gasteiger charge is -2.24. The lowest BCUT2D eigenvalue weighted by atomic mass is 10.1. The first kappa shape index (κ1) is 19.1. The lowest BCUT2D eigenvalue weighted by Crippen LogP contribution is -2.36. The van der Waals surface area contributed by atoms with Gasteiger partial charge in [-0.25, -0.2) is 4.98 Å². The number of nitrogens with zero attached hydrogens (tertiary/aromatic N) is 4. The van der Waals surface area contributed by atoms with E-state index in [-0.39, 0.29) is 35.1 Å². The molecule has 1 amide bonds. The quantitative estimate of drug-likeness (QED) is 0.779. The van der Waals surface area contributed by atoms with Gasteiger partial charge in [0.15, 0.2) is 0 Å². The molecule has 1 saturated heterocycles. The third kappa shape index (κ3) is 4.36. The summed E-state index contributed by atoms with van der Waals surface area (Å²) in [6, 6.07) is 3.36. The molecule has 0 bridgehead atoms. The number of H-pyrrole nitrogens is 1. The van der Waals surface area contributed by atoms with Crippen molar-refractivity contribution in [1.82, 2.24) is 24.9 Å². The molecule has 9 nitrogen and oxygen atoms in total. The van der Waals surface area contributed by atoms with Gasteiger partial charge in [-0.05, 0) is 19.9 Å². The molecule has 0 radical (unpaired) electrons. The van der Waals surface area contributed by atoms with E-state index in [1.165, 1.54) is 6.07 Å². The number of aromatic amines is 1. The number of likely N-dealkylation sites (N-methyl/N-ethyl adjacent to an activating group) is 1. The number of amides is 1. The van der Waals surface area contributed by atoms with Crippen molar-refractivity contribution in [3.63, 3.8) is 0 Å². The number of nitrogens with two attached hydrogens (primary N) is 1. The van der Waals surface area contributed by atoms with Crippen LogP contribution in [0.2, 0.25) is 0 Å². The fourth-order valence-corrected chi connectivity index (χ4v) is 3.27. The van der Waals surface area contributed by atoms with E-state index in [0.717, 1.165) is 18.5 Å². The molecule has 2 aromatic rings. The highest BCUT2D eigenvalue weighted by molar-refractivity contribution is 5.91. The Kier molecular flexibility index (Phi) is 5.59. The Morgan fingerprint density at radius 2 is 2.30 bits per heavy atom. The van der Waals surface area contributed by atoms with Crippen molar-refractivity contribution in [2.45, 2.75) is 45.2 Å². The summed E-state index contributed by atoms with van der Waals surface area (Å²) in [5.41, 5.74) is 6.75. The Morgan fingerprint density at radius 1 is 1.52 bits per heavy atom. The first-order chi connectivity index (χ1) is 12.9. The molecule has 1 fully saturated rings. The highest BCUT2D eigenvalue weighted by Gasteiger charge is 2.31. The van der Waals surface area contributed by atoms with E-state index in [1.807, 2.05) is 7.05 Å². The molecule has 0 aliphatic carbocycles. The molecule has 1 aliphatic rings. The predicted molar refractivity (Wildman–Crippen MR) is 100 cm³/mol. The molecule has 3 rings (SSSR count). The van der Waals surface area contributed by atoms with Crippen LogP contribution in [0.15, 0.2) is 21.5 Å². The Labute approximate surface area is 157 Å². The maximum atomic E-state index is 12.7. The van der Waals surface area contributed by atoms with Gasteiger partial charge in [0.2, 0.25) is 11.7 Å². The summed E-state index contributed by atoms with van der Waals surface area (Å²) in [4.78, 5) is 34.7. The van der Waals surface area contributed by atoms with E-state index in [1.54, 1.807) is 11.0 Å². The molecule has 2 unspecified atom stereocenters. The van der Waals surface area contributed by atoms with E-state index < -0.39 is 0 Å². The van der Waals surface area contributed by atoms with Crippen molar-refractivity contribution in [2.24, 2.45) is 0 Å². The Bertz CT molecular complexity index is 861. The second-order valence-corrected chi connectivity index (χ2v) is 7.16. The first-order valence-electron chi connectivity index (χ1n) is 9.19. The third-order valence-electron chi connectivity index (χ3n) is 5.15. The second kappa shape index (κ2) is 7.91. The third-order valence-corrected chi connectivity index (χ3v) is 5.15. The number of rotatable bonds is 6. The fraction of sp³-hybridized carbons (Fsp3) is 0.556. The van der Waals surface area contributed by atoms with Crippen LogP contribution in [0.1, 0.15) is 54.5 Å². The molecule has 2 atom stereocenters. The van der Waals surface area contributed by atoms with Crippen LogP contribution in [0.4, 0.5) is 5.95 Å². The highest BCUT2D eigenvalue weighted by atomic mass is 16.5. The van der Waals surface area contributed by atoms with Gasteiger partial charge in [0.05, 0.1) is 11.4 Å². The molecule has 0 spiro atoms. The zero-order valence-corrected chi connectivity index (χ0v) is 15.9. The molecule has 2 aromatic heterocycles. The molecule has 1 aliphatic heterocycles. The molecular formula is C18H26N6O3. The predicted octanol–water partition coefficient (Wildman–Crippen LogP) is 1.20. The van der Waals surface area contributed by atoms with Gasteiger partial charge in [-0.2, -0.15) is 0 Å². The summed E-state index contributed by atoms with van der Waals surface area (Å²) in [7, 11) is 1.95. The SMILES string of the molecule is CCC(C)c1cc(C(=O)N2CCC(N(C)Cc3cc(=O)[nH]c(N)n3)C2)on1. The van der Waals surface area contributed by atoms with E-state index in [0.29, 0.717) is 25.3 Å². The molecule has 146 valence electrons. The molecule has 27 heavy (non-hydrogen) atoms. The lowest BCUT2D eigenvalue weighted by molar-refractivity contribution is 0.0738. The van der Waals surface area contributed by atoms with Crippen LogP contribution in [0.5, 0.6) is 0 Å². The Morgan fingerprint density at radius 3 is 3.00 bits per heavy atom. The molecular weight excluding hydrogens is 348 g/mol. The topological polar surface area (TPSA) is 121 Å². The molecule has 3 heterocycles. The van der Waals surface area contributed by atoms with Crippen molar-refractivity contribution in [3.05, 3.63) is 39.6 Å². The molecule has 0 aromatic carbocycles. The van der Waals surface area contributed by atoms with Crippen LogP contribution in [0.25, 0.3) is 0 Å². The second-order valence-electron chi connectivity index (χ2n) is 7.16. The van der Waals surface area contributed by atoms with Gasteiger partial charge in [-0.1, -0.05) is 19.0 Å². The number of nitrogens with one attached hydrogen (secondary N) is 1. The zero-order chi connectivity index (χ0) is 19.6. The summed E-state index contributed by atoms with van der Waals surface area (Å²) in [5, 5.41) is 4.02.